The molecule has 3 aromatic rings. The molecular weight excluding hydrogens is 458 g/mol. The summed E-state index contributed by atoms with van der Waals surface area (Å²) in [4.78, 5) is -0.0000265. The third-order valence-corrected chi connectivity index (χ3v) is 6.53. The van der Waals surface area contributed by atoms with Gasteiger partial charge >= 0.3 is 0 Å². The van der Waals surface area contributed by atoms with E-state index in [0.717, 1.165) is 11.3 Å². The normalized spacial score (nSPS) is 10.9. The van der Waals surface area contributed by atoms with Gasteiger partial charge in [0.05, 0.1) is 19.4 Å². The van der Waals surface area contributed by atoms with Crippen molar-refractivity contribution in [1.29, 1.82) is 0 Å². The van der Waals surface area contributed by atoms with Gasteiger partial charge in [-0.15, -0.1) is 0 Å². The number of nitrogens with one attached hydrogen (secondary N) is 3. The van der Waals surface area contributed by atoms with Gasteiger partial charge in [-0.1, -0.05) is 6.07 Å². The van der Waals surface area contributed by atoms with Crippen LogP contribution in [-0.4, -0.2) is 27.2 Å². The number of anilines is 3. The summed E-state index contributed by atoms with van der Waals surface area (Å²) in [7, 11) is -2.48. The van der Waals surface area contributed by atoms with Crippen LogP contribution in [0.1, 0.15) is 18.1 Å². The van der Waals surface area contributed by atoms with Gasteiger partial charge in [-0.2, -0.15) is 0 Å². The van der Waals surface area contributed by atoms with E-state index in [4.69, 9.17) is 21.7 Å². The van der Waals surface area contributed by atoms with Crippen LogP contribution in [-0.2, 0) is 10.0 Å². The van der Waals surface area contributed by atoms with Gasteiger partial charge in [-0.3, -0.25) is 4.72 Å². The minimum absolute atomic E-state index is 0.0000265. The fourth-order valence-electron chi connectivity index (χ4n) is 3.06. The lowest BCUT2D eigenvalue weighted by atomic mass is 10.1. The molecule has 0 heterocycles. The first-order valence-electron chi connectivity index (χ1n) is 10.3. The van der Waals surface area contributed by atoms with Crippen molar-refractivity contribution in [2.75, 3.05) is 29.1 Å². The van der Waals surface area contributed by atoms with Gasteiger partial charge in [0, 0.05) is 17.4 Å². The SMILES string of the molecule is CCOc1ccc(NS(=O)(=O)c2cc(OC)ccc2NC(=S)Nc2ccc(C)c(C)c2)cc1. The highest BCUT2D eigenvalue weighted by Gasteiger charge is 2.21. The highest BCUT2D eigenvalue weighted by Crippen LogP contribution is 2.29. The second kappa shape index (κ2) is 10.5. The first kappa shape index (κ1) is 24.3. The van der Waals surface area contributed by atoms with Crippen LogP contribution in [0.3, 0.4) is 0 Å². The first-order valence-corrected chi connectivity index (χ1v) is 12.2. The Labute approximate surface area is 200 Å². The Balaban J connectivity index is 1.84. The predicted octanol–water partition coefficient (Wildman–Crippen LogP) is 5.32. The molecule has 33 heavy (non-hydrogen) atoms. The minimum Gasteiger partial charge on any atom is -0.497 e. The molecule has 0 bridgehead atoms. The lowest BCUT2D eigenvalue weighted by Crippen LogP contribution is -2.22. The van der Waals surface area contributed by atoms with Crippen molar-refractivity contribution >= 4 is 44.4 Å². The molecule has 3 N–H and O–H groups in total. The van der Waals surface area contributed by atoms with Gasteiger partial charge in [0.15, 0.2) is 5.11 Å². The van der Waals surface area contributed by atoms with Crippen molar-refractivity contribution in [3.05, 3.63) is 71.8 Å². The van der Waals surface area contributed by atoms with Crippen molar-refractivity contribution in [1.82, 2.24) is 0 Å². The number of methoxy groups -OCH3 is 1. The van der Waals surface area contributed by atoms with Crippen molar-refractivity contribution < 1.29 is 17.9 Å². The number of rotatable bonds is 8. The molecule has 0 fully saturated rings. The molecule has 9 heteroatoms. The third kappa shape index (κ3) is 6.36. The molecule has 0 aliphatic rings. The largest absolute Gasteiger partial charge is 0.497 e. The number of benzene rings is 3. The predicted molar refractivity (Wildman–Crippen MR) is 137 cm³/mol. The van der Waals surface area contributed by atoms with Crippen LogP contribution < -0.4 is 24.8 Å². The second-order valence-corrected chi connectivity index (χ2v) is 9.36. The van der Waals surface area contributed by atoms with E-state index in [0.29, 0.717) is 29.5 Å². The standard InChI is InChI=1S/C24H27N3O4S2/c1-5-31-20-10-8-18(9-11-20)27-33(28,29)23-15-21(30-4)12-13-22(23)26-24(32)25-19-7-6-16(2)17(3)14-19/h6-15,27H,5H2,1-4H3,(H2,25,26,32). The summed E-state index contributed by atoms with van der Waals surface area (Å²) in [5.41, 5.74) is 3.82. The first-order chi connectivity index (χ1) is 15.7. The number of aryl methyl sites for hydroxylation is 2. The quantitative estimate of drug-likeness (QED) is 0.372. The Kier molecular flexibility index (Phi) is 7.78. The van der Waals surface area contributed by atoms with Gasteiger partial charge < -0.3 is 20.1 Å². The number of ether oxygens (including phenoxy) is 2. The minimum atomic E-state index is -3.95. The average Bonchev–Trinajstić information content (AvgIpc) is 2.78. The fraction of sp³-hybridized carbons (Fsp3) is 0.208. The molecule has 0 aromatic heterocycles. The van der Waals surface area contributed by atoms with E-state index in [1.807, 2.05) is 39.0 Å². The molecule has 0 aliphatic heterocycles. The van der Waals surface area contributed by atoms with E-state index in [9.17, 15) is 8.42 Å². The second-order valence-electron chi connectivity index (χ2n) is 7.30. The summed E-state index contributed by atoms with van der Waals surface area (Å²) in [6.45, 7) is 6.45. The monoisotopic (exact) mass is 485 g/mol. The summed E-state index contributed by atoms with van der Waals surface area (Å²) >= 11 is 5.42. The van der Waals surface area contributed by atoms with Gasteiger partial charge in [-0.25, -0.2) is 8.42 Å². The molecule has 3 rings (SSSR count). The number of thiocarbonyl (C=S) groups is 1. The van der Waals surface area contributed by atoms with E-state index < -0.39 is 10.0 Å². The van der Waals surface area contributed by atoms with Gasteiger partial charge in [-0.05, 0) is 92.6 Å². The molecule has 0 amide bonds. The maximum atomic E-state index is 13.2. The van der Waals surface area contributed by atoms with Crippen LogP contribution >= 0.6 is 12.2 Å². The van der Waals surface area contributed by atoms with Gasteiger partial charge in [0.25, 0.3) is 10.0 Å². The molecule has 0 radical (unpaired) electrons. The van der Waals surface area contributed by atoms with Crippen LogP contribution in [0.15, 0.2) is 65.6 Å². The smallest absolute Gasteiger partial charge is 0.264 e. The van der Waals surface area contributed by atoms with Crippen molar-refractivity contribution in [2.45, 2.75) is 25.7 Å². The maximum Gasteiger partial charge on any atom is 0.264 e. The van der Waals surface area contributed by atoms with Crippen LogP contribution in [0.25, 0.3) is 0 Å². The molecule has 0 unspecified atom stereocenters. The number of hydrogen-bond donors (Lipinski definition) is 3. The summed E-state index contributed by atoms with van der Waals surface area (Å²) in [6.07, 6.45) is 0. The molecule has 0 spiro atoms. The number of hydrogen-bond acceptors (Lipinski definition) is 5. The summed E-state index contributed by atoms with van der Waals surface area (Å²) in [5, 5.41) is 6.35. The molecule has 0 aliphatic carbocycles. The molecule has 0 atom stereocenters. The maximum absolute atomic E-state index is 13.2. The highest BCUT2D eigenvalue weighted by atomic mass is 32.2. The third-order valence-electron chi connectivity index (χ3n) is 4.91. The van der Waals surface area contributed by atoms with Gasteiger partial charge in [0.1, 0.15) is 16.4 Å². The molecule has 3 aromatic carbocycles. The van der Waals surface area contributed by atoms with E-state index in [-0.39, 0.29) is 10.0 Å². The van der Waals surface area contributed by atoms with Crippen molar-refractivity contribution in [2.24, 2.45) is 0 Å². The summed E-state index contributed by atoms with van der Waals surface area (Å²) in [6, 6.07) is 17.3. The summed E-state index contributed by atoms with van der Waals surface area (Å²) in [5.74, 6) is 1.06. The summed E-state index contributed by atoms with van der Waals surface area (Å²) < 4.78 is 39.7. The van der Waals surface area contributed by atoms with Crippen molar-refractivity contribution in [3.8, 4) is 11.5 Å². The topological polar surface area (TPSA) is 88.7 Å². The molecule has 0 saturated heterocycles. The van der Waals surface area contributed by atoms with Gasteiger partial charge in [0.2, 0.25) is 0 Å². The molecular formula is C24H27N3O4S2. The highest BCUT2D eigenvalue weighted by molar-refractivity contribution is 7.93. The number of sulfonamides is 1. The Morgan fingerprint density at radius 2 is 1.55 bits per heavy atom. The van der Waals surface area contributed by atoms with E-state index in [1.165, 1.54) is 18.7 Å². The van der Waals surface area contributed by atoms with E-state index in [1.54, 1.807) is 36.4 Å². The van der Waals surface area contributed by atoms with Crippen LogP contribution in [0.5, 0.6) is 11.5 Å². The molecule has 174 valence electrons. The Hall–Kier alpha value is -3.30. The van der Waals surface area contributed by atoms with Crippen molar-refractivity contribution in [3.63, 3.8) is 0 Å². The average molecular weight is 486 g/mol. The Morgan fingerprint density at radius 3 is 2.18 bits per heavy atom. The van der Waals surface area contributed by atoms with E-state index in [2.05, 4.69) is 15.4 Å². The Bertz CT molecular complexity index is 1240. The fourth-order valence-corrected chi connectivity index (χ4v) is 4.52. The molecule has 7 nitrogen and oxygen atoms in total. The zero-order valence-corrected chi connectivity index (χ0v) is 20.6. The lowest BCUT2D eigenvalue weighted by Gasteiger charge is -2.17. The van der Waals surface area contributed by atoms with Crippen LogP contribution in [0, 0.1) is 13.8 Å². The zero-order chi connectivity index (χ0) is 24.0. The van der Waals surface area contributed by atoms with Crippen LogP contribution in [0.4, 0.5) is 17.1 Å². The van der Waals surface area contributed by atoms with E-state index >= 15 is 0 Å². The zero-order valence-electron chi connectivity index (χ0n) is 18.9. The molecule has 0 saturated carbocycles. The lowest BCUT2D eigenvalue weighted by molar-refractivity contribution is 0.340. The Morgan fingerprint density at radius 1 is 0.879 bits per heavy atom. The van der Waals surface area contributed by atoms with Crippen LogP contribution in [0.2, 0.25) is 0 Å².